The summed E-state index contributed by atoms with van der Waals surface area (Å²) >= 11 is 0. The Morgan fingerprint density at radius 1 is 1.21 bits per heavy atom. The van der Waals surface area contributed by atoms with Crippen LogP contribution in [0.3, 0.4) is 0 Å². The number of nitrogens with zero attached hydrogens (tertiary/aromatic N) is 1. The lowest BCUT2D eigenvalue weighted by Crippen LogP contribution is -2.41. The second kappa shape index (κ2) is 7.47. The number of amides is 3. The van der Waals surface area contributed by atoms with Crippen molar-refractivity contribution in [1.29, 1.82) is 0 Å². The van der Waals surface area contributed by atoms with Gasteiger partial charge in [-0.15, -0.1) is 0 Å². The highest BCUT2D eigenvalue weighted by atomic mass is 16.2. The molecule has 0 saturated carbocycles. The maximum Gasteiger partial charge on any atom is 0.314 e. The van der Waals surface area contributed by atoms with Crippen molar-refractivity contribution < 1.29 is 14.4 Å². The SMILES string of the molecule is CC(C)(CC(=O)N[C@H]1CCN(C(N)=O)C1)CC(=O)c1ccccc1. The molecule has 0 spiro atoms. The normalized spacial score (nSPS) is 17.6. The van der Waals surface area contributed by atoms with Crippen LogP contribution in [0.4, 0.5) is 4.79 Å². The molecule has 24 heavy (non-hydrogen) atoms. The van der Waals surface area contributed by atoms with Crippen LogP contribution in [-0.2, 0) is 4.79 Å². The number of primary amides is 1. The van der Waals surface area contributed by atoms with Crippen molar-refractivity contribution in [3.05, 3.63) is 35.9 Å². The Morgan fingerprint density at radius 2 is 1.88 bits per heavy atom. The van der Waals surface area contributed by atoms with Gasteiger partial charge >= 0.3 is 6.03 Å². The summed E-state index contributed by atoms with van der Waals surface area (Å²) < 4.78 is 0. The van der Waals surface area contributed by atoms with Gasteiger partial charge in [-0.05, 0) is 11.8 Å². The molecule has 1 aliphatic heterocycles. The zero-order valence-electron chi connectivity index (χ0n) is 14.2. The van der Waals surface area contributed by atoms with E-state index in [2.05, 4.69) is 5.32 Å². The maximum atomic E-state index is 12.3. The summed E-state index contributed by atoms with van der Waals surface area (Å²) in [6, 6.07) is 8.58. The maximum absolute atomic E-state index is 12.3. The van der Waals surface area contributed by atoms with Gasteiger partial charge in [0.2, 0.25) is 5.91 Å². The van der Waals surface area contributed by atoms with Crippen LogP contribution in [0.5, 0.6) is 0 Å². The number of nitrogens with one attached hydrogen (secondary N) is 1. The van der Waals surface area contributed by atoms with Crippen LogP contribution in [0.15, 0.2) is 30.3 Å². The Morgan fingerprint density at radius 3 is 2.46 bits per heavy atom. The van der Waals surface area contributed by atoms with Crippen molar-refractivity contribution in [3.63, 3.8) is 0 Å². The van der Waals surface area contributed by atoms with Gasteiger partial charge in [0.25, 0.3) is 0 Å². The van der Waals surface area contributed by atoms with Crippen LogP contribution < -0.4 is 11.1 Å². The van der Waals surface area contributed by atoms with E-state index in [1.54, 1.807) is 12.1 Å². The number of carbonyl (C=O) groups is 3. The minimum Gasteiger partial charge on any atom is -0.352 e. The number of urea groups is 1. The van der Waals surface area contributed by atoms with E-state index in [0.29, 0.717) is 31.5 Å². The summed E-state index contributed by atoms with van der Waals surface area (Å²) in [7, 11) is 0. The molecule has 1 heterocycles. The molecule has 0 aliphatic carbocycles. The van der Waals surface area contributed by atoms with E-state index in [1.807, 2.05) is 32.0 Å². The standard InChI is InChI=1S/C18H25N3O3/c1-18(2,10-15(22)13-6-4-3-5-7-13)11-16(23)20-14-8-9-21(12-14)17(19)24/h3-7,14H,8-12H2,1-2H3,(H2,19,24)(H,20,23)/t14-/m0/s1. The van der Waals surface area contributed by atoms with Crippen molar-refractivity contribution in [1.82, 2.24) is 10.2 Å². The van der Waals surface area contributed by atoms with E-state index in [0.717, 1.165) is 0 Å². The van der Waals surface area contributed by atoms with Gasteiger partial charge in [0.1, 0.15) is 0 Å². The van der Waals surface area contributed by atoms with Crippen molar-refractivity contribution in [2.24, 2.45) is 11.1 Å². The van der Waals surface area contributed by atoms with Crippen LogP contribution in [0.25, 0.3) is 0 Å². The summed E-state index contributed by atoms with van der Waals surface area (Å²) in [6.07, 6.45) is 1.28. The summed E-state index contributed by atoms with van der Waals surface area (Å²) in [4.78, 5) is 37.2. The predicted octanol–water partition coefficient (Wildman–Crippen LogP) is 1.94. The number of benzene rings is 1. The van der Waals surface area contributed by atoms with Crippen molar-refractivity contribution in [3.8, 4) is 0 Å². The lowest BCUT2D eigenvalue weighted by Gasteiger charge is -2.24. The zero-order chi connectivity index (χ0) is 17.7. The molecule has 6 heteroatoms. The summed E-state index contributed by atoms with van der Waals surface area (Å²) in [5, 5.41) is 2.93. The van der Waals surface area contributed by atoms with E-state index in [-0.39, 0.29) is 24.2 Å². The summed E-state index contributed by atoms with van der Waals surface area (Å²) in [5.74, 6) is -0.0636. The Balaban J connectivity index is 1.84. The minimum absolute atomic E-state index is 0.0363. The topological polar surface area (TPSA) is 92.5 Å². The number of ketones is 1. The average Bonchev–Trinajstić information content (AvgIpc) is 2.95. The first-order valence-electron chi connectivity index (χ1n) is 8.19. The molecule has 1 atom stereocenters. The highest BCUT2D eigenvalue weighted by Crippen LogP contribution is 2.27. The molecule has 0 bridgehead atoms. The van der Waals surface area contributed by atoms with Crippen LogP contribution in [0.1, 0.15) is 43.5 Å². The Hall–Kier alpha value is -2.37. The van der Waals surface area contributed by atoms with E-state index in [9.17, 15) is 14.4 Å². The molecular weight excluding hydrogens is 306 g/mol. The lowest BCUT2D eigenvalue weighted by atomic mass is 9.82. The number of likely N-dealkylation sites (tertiary alicyclic amines) is 1. The molecule has 6 nitrogen and oxygen atoms in total. The summed E-state index contributed by atoms with van der Waals surface area (Å²) in [5.41, 5.74) is 5.47. The van der Waals surface area contributed by atoms with Crippen molar-refractivity contribution >= 4 is 17.7 Å². The van der Waals surface area contributed by atoms with Gasteiger partial charge in [-0.2, -0.15) is 0 Å². The van der Waals surface area contributed by atoms with Gasteiger partial charge in [0.15, 0.2) is 5.78 Å². The van der Waals surface area contributed by atoms with E-state index in [4.69, 9.17) is 5.73 Å². The van der Waals surface area contributed by atoms with Crippen LogP contribution in [0, 0.1) is 5.41 Å². The molecule has 1 aromatic carbocycles. The Bertz CT molecular complexity index is 613. The molecule has 1 aromatic rings. The molecule has 0 aromatic heterocycles. The second-order valence-electron chi connectivity index (χ2n) is 7.14. The van der Waals surface area contributed by atoms with Gasteiger partial charge in [0.05, 0.1) is 0 Å². The molecule has 1 fully saturated rings. The highest BCUT2D eigenvalue weighted by molar-refractivity contribution is 5.96. The van der Waals surface area contributed by atoms with E-state index < -0.39 is 11.4 Å². The van der Waals surface area contributed by atoms with Gasteiger partial charge in [0, 0.05) is 37.5 Å². The molecule has 1 saturated heterocycles. The number of carbonyl (C=O) groups excluding carboxylic acids is 3. The van der Waals surface area contributed by atoms with E-state index >= 15 is 0 Å². The molecule has 2 rings (SSSR count). The predicted molar refractivity (Wildman–Crippen MR) is 91.5 cm³/mol. The van der Waals surface area contributed by atoms with E-state index in [1.165, 1.54) is 4.90 Å². The third kappa shape index (κ3) is 5.08. The fourth-order valence-corrected chi connectivity index (χ4v) is 3.01. The molecule has 130 valence electrons. The molecule has 0 unspecified atom stereocenters. The van der Waals surface area contributed by atoms with Gasteiger partial charge in [-0.1, -0.05) is 44.2 Å². The molecule has 1 aliphatic rings. The first-order valence-corrected chi connectivity index (χ1v) is 8.19. The minimum atomic E-state index is -0.458. The molecule has 0 radical (unpaired) electrons. The fourth-order valence-electron chi connectivity index (χ4n) is 3.01. The number of rotatable bonds is 6. The first kappa shape index (κ1) is 18.0. The highest BCUT2D eigenvalue weighted by Gasteiger charge is 2.29. The number of hydrogen-bond acceptors (Lipinski definition) is 3. The smallest absolute Gasteiger partial charge is 0.314 e. The van der Waals surface area contributed by atoms with Crippen LogP contribution >= 0.6 is 0 Å². The number of hydrogen-bond donors (Lipinski definition) is 2. The van der Waals surface area contributed by atoms with Crippen LogP contribution in [0.2, 0.25) is 0 Å². The fraction of sp³-hybridized carbons (Fsp3) is 0.500. The van der Waals surface area contributed by atoms with Crippen molar-refractivity contribution in [2.75, 3.05) is 13.1 Å². The molecular formula is C18H25N3O3. The quantitative estimate of drug-likeness (QED) is 0.780. The average molecular weight is 331 g/mol. The first-order chi connectivity index (χ1) is 11.3. The van der Waals surface area contributed by atoms with Crippen LogP contribution in [-0.4, -0.2) is 41.8 Å². The molecule has 3 N–H and O–H groups in total. The lowest BCUT2D eigenvalue weighted by molar-refractivity contribution is -0.123. The van der Waals surface area contributed by atoms with Gasteiger partial charge < -0.3 is 16.0 Å². The Kier molecular flexibility index (Phi) is 5.59. The second-order valence-corrected chi connectivity index (χ2v) is 7.14. The molecule has 3 amide bonds. The van der Waals surface area contributed by atoms with Gasteiger partial charge in [-0.3, -0.25) is 9.59 Å². The number of nitrogens with two attached hydrogens (primary N) is 1. The monoisotopic (exact) mass is 331 g/mol. The van der Waals surface area contributed by atoms with Gasteiger partial charge in [-0.25, -0.2) is 4.79 Å². The number of Topliss-reactive ketones (excluding diaryl/α,β-unsaturated/α-hetero) is 1. The largest absolute Gasteiger partial charge is 0.352 e. The van der Waals surface area contributed by atoms with Crippen molar-refractivity contribution in [2.45, 2.75) is 39.2 Å². The third-order valence-electron chi connectivity index (χ3n) is 4.24. The Labute approximate surface area is 142 Å². The third-order valence-corrected chi connectivity index (χ3v) is 4.24. The summed E-state index contributed by atoms with van der Waals surface area (Å²) in [6.45, 7) is 4.84. The zero-order valence-corrected chi connectivity index (χ0v) is 14.2.